The van der Waals surface area contributed by atoms with Crippen LogP contribution in [0.15, 0.2) is 0 Å². The van der Waals surface area contributed by atoms with Gasteiger partial charge in [0, 0.05) is 0 Å². The van der Waals surface area contributed by atoms with Gasteiger partial charge < -0.3 is 18.9 Å². The Balaban J connectivity index is 1.90. The van der Waals surface area contributed by atoms with E-state index in [1.54, 1.807) is 0 Å². The first-order valence-corrected chi connectivity index (χ1v) is 7.89. The molecule has 0 aliphatic carbocycles. The average molecular weight is 454 g/mol. The lowest BCUT2D eigenvalue weighted by Gasteiger charge is -2.19. The Morgan fingerprint density at radius 1 is 0.938 bits per heavy atom. The van der Waals surface area contributed by atoms with Crippen LogP contribution in [-0.4, -0.2) is 45.9 Å². The van der Waals surface area contributed by atoms with Crippen LogP contribution in [0, 0.1) is 0 Å². The molecule has 4 nitrogen and oxygen atoms in total. The fourth-order valence-electron chi connectivity index (χ4n) is 2.14. The predicted molar refractivity (Wildman–Crippen MR) is 76.2 cm³/mol. The molecule has 0 bridgehead atoms. The molecule has 6 atom stereocenters. The molecule has 2 aliphatic rings. The molecule has 0 aromatic carbocycles. The number of halogens is 2. The lowest BCUT2D eigenvalue weighted by Crippen LogP contribution is -2.35. The van der Waals surface area contributed by atoms with E-state index in [1.807, 2.05) is 13.8 Å². The van der Waals surface area contributed by atoms with Crippen molar-refractivity contribution in [2.24, 2.45) is 0 Å². The Bertz CT molecular complexity index is 213. The zero-order chi connectivity index (χ0) is 11.7. The molecule has 6 unspecified atom stereocenters. The Kier molecular flexibility index (Phi) is 5.11. The maximum Gasteiger partial charge on any atom is 0.115 e. The monoisotopic (exact) mass is 454 g/mol. The largest absolute Gasteiger partial charge is 0.370 e. The summed E-state index contributed by atoms with van der Waals surface area (Å²) in [6.07, 6.45) is 0.180. The highest BCUT2D eigenvalue weighted by Gasteiger charge is 2.49. The Hall–Kier alpha value is 1.30. The first kappa shape index (κ1) is 13.7. The van der Waals surface area contributed by atoms with E-state index in [0.717, 1.165) is 0 Å². The average Bonchev–Trinajstić information content (AvgIpc) is 2.70. The smallest absolute Gasteiger partial charge is 0.115 e. The highest BCUT2D eigenvalue weighted by Crippen LogP contribution is 2.32. The fraction of sp³-hybridized carbons (Fsp3) is 1.00. The molecule has 0 saturated carbocycles. The minimum absolute atomic E-state index is 0.0392. The number of rotatable bonds is 4. The van der Waals surface area contributed by atoms with Crippen molar-refractivity contribution < 1.29 is 18.9 Å². The molecule has 0 amide bonds. The molecular weight excluding hydrogens is 438 g/mol. The zero-order valence-electron chi connectivity index (χ0n) is 9.27. The van der Waals surface area contributed by atoms with Gasteiger partial charge in [0.25, 0.3) is 0 Å². The topological polar surface area (TPSA) is 36.9 Å². The summed E-state index contributed by atoms with van der Waals surface area (Å²) in [7, 11) is 0. The molecule has 0 radical (unpaired) electrons. The quantitative estimate of drug-likeness (QED) is 0.482. The Labute approximate surface area is 123 Å². The zero-order valence-corrected chi connectivity index (χ0v) is 13.6. The summed E-state index contributed by atoms with van der Waals surface area (Å²) in [5.74, 6) is 0. The van der Waals surface area contributed by atoms with E-state index in [-0.39, 0.29) is 32.6 Å². The van der Waals surface area contributed by atoms with Crippen LogP contribution in [0.25, 0.3) is 0 Å². The van der Waals surface area contributed by atoms with Crippen molar-refractivity contribution in [2.45, 2.75) is 46.5 Å². The maximum absolute atomic E-state index is 5.76. The highest BCUT2D eigenvalue weighted by molar-refractivity contribution is 14.1. The van der Waals surface area contributed by atoms with E-state index >= 15 is 0 Å². The van der Waals surface area contributed by atoms with Crippen molar-refractivity contribution in [3.05, 3.63) is 0 Å². The minimum Gasteiger partial charge on any atom is -0.370 e. The van der Waals surface area contributed by atoms with Gasteiger partial charge in [0.05, 0.1) is 13.2 Å². The van der Waals surface area contributed by atoms with Gasteiger partial charge in [-0.2, -0.15) is 0 Å². The number of hydrogen-bond donors (Lipinski definition) is 0. The van der Waals surface area contributed by atoms with Crippen LogP contribution >= 0.6 is 45.2 Å². The van der Waals surface area contributed by atoms with E-state index in [9.17, 15) is 0 Å². The van der Waals surface area contributed by atoms with Gasteiger partial charge in [0.1, 0.15) is 32.6 Å². The molecule has 94 valence electrons. The van der Waals surface area contributed by atoms with E-state index in [4.69, 9.17) is 18.9 Å². The van der Waals surface area contributed by atoms with Crippen LogP contribution in [0.2, 0.25) is 0 Å². The van der Waals surface area contributed by atoms with Crippen LogP contribution in [-0.2, 0) is 18.9 Å². The van der Waals surface area contributed by atoms with Gasteiger partial charge in [0.2, 0.25) is 0 Å². The number of hydrogen-bond acceptors (Lipinski definition) is 4. The maximum atomic E-state index is 5.76. The number of fused-ring (bicyclic) bond motifs is 1. The van der Waals surface area contributed by atoms with Crippen molar-refractivity contribution >= 4 is 45.2 Å². The molecule has 2 aliphatic heterocycles. The molecule has 16 heavy (non-hydrogen) atoms. The molecule has 2 heterocycles. The summed E-state index contributed by atoms with van der Waals surface area (Å²) >= 11 is 4.49. The first-order chi connectivity index (χ1) is 7.58. The lowest BCUT2D eigenvalue weighted by molar-refractivity contribution is -0.0513. The molecule has 0 aromatic heterocycles. The van der Waals surface area contributed by atoms with Gasteiger partial charge >= 0.3 is 0 Å². The molecule has 2 saturated heterocycles. The van der Waals surface area contributed by atoms with Crippen molar-refractivity contribution in [2.75, 3.05) is 13.2 Å². The van der Waals surface area contributed by atoms with Crippen molar-refractivity contribution in [3.63, 3.8) is 0 Å². The second kappa shape index (κ2) is 5.96. The Morgan fingerprint density at radius 3 is 1.62 bits per heavy atom. The minimum atomic E-state index is 0.0392. The summed E-state index contributed by atoms with van der Waals surface area (Å²) in [4.78, 5) is 0. The normalized spacial score (nSPS) is 42.0. The second-order valence-corrected chi connectivity index (χ2v) is 7.54. The summed E-state index contributed by atoms with van der Waals surface area (Å²) in [6.45, 7) is 5.25. The third-order valence-corrected chi connectivity index (χ3v) is 3.27. The van der Waals surface area contributed by atoms with Crippen LogP contribution in [0.5, 0.6) is 0 Å². The Morgan fingerprint density at radius 2 is 1.31 bits per heavy atom. The van der Waals surface area contributed by atoms with Crippen LogP contribution in [0.4, 0.5) is 0 Å². The van der Waals surface area contributed by atoms with Crippen LogP contribution in [0.1, 0.15) is 13.8 Å². The van der Waals surface area contributed by atoms with Gasteiger partial charge in [-0.3, -0.25) is 0 Å². The predicted octanol–water partition coefficient (Wildman–Crippen LogP) is 2.12. The summed E-state index contributed by atoms with van der Waals surface area (Å²) in [5.41, 5.74) is 0. The molecular formula is C10H16I2O4. The van der Waals surface area contributed by atoms with Crippen molar-refractivity contribution in [3.8, 4) is 0 Å². The molecule has 0 N–H and O–H groups in total. The number of alkyl halides is 2. The lowest BCUT2D eigenvalue weighted by atomic mass is 10.1. The number of ether oxygens (including phenoxy) is 4. The fourth-order valence-corrected chi connectivity index (χ4v) is 2.90. The van der Waals surface area contributed by atoms with Gasteiger partial charge in [-0.25, -0.2) is 0 Å². The van der Waals surface area contributed by atoms with Crippen molar-refractivity contribution in [1.29, 1.82) is 0 Å². The van der Waals surface area contributed by atoms with E-state index in [0.29, 0.717) is 13.2 Å². The SMILES string of the molecule is CC(I)OC1COC2C(OC(C)I)COC12. The first-order valence-electron chi connectivity index (χ1n) is 5.40. The third kappa shape index (κ3) is 3.19. The van der Waals surface area contributed by atoms with Gasteiger partial charge in [-0.1, -0.05) is 45.2 Å². The van der Waals surface area contributed by atoms with Crippen LogP contribution in [0.3, 0.4) is 0 Å². The van der Waals surface area contributed by atoms with Gasteiger partial charge in [-0.05, 0) is 13.8 Å². The third-order valence-electron chi connectivity index (χ3n) is 2.69. The van der Waals surface area contributed by atoms with Crippen molar-refractivity contribution in [1.82, 2.24) is 0 Å². The molecule has 0 aromatic rings. The van der Waals surface area contributed by atoms with E-state index in [2.05, 4.69) is 45.2 Å². The summed E-state index contributed by atoms with van der Waals surface area (Å²) in [5, 5.41) is 0. The summed E-state index contributed by atoms with van der Waals surface area (Å²) in [6, 6.07) is 0. The second-order valence-electron chi connectivity index (χ2n) is 4.03. The molecule has 2 fully saturated rings. The van der Waals surface area contributed by atoms with E-state index in [1.165, 1.54) is 0 Å². The molecule has 2 rings (SSSR count). The molecule has 6 heteroatoms. The van der Waals surface area contributed by atoms with Gasteiger partial charge in [-0.15, -0.1) is 0 Å². The molecule has 0 spiro atoms. The highest BCUT2D eigenvalue weighted by atomic mass is 127. The van der Waals surface area contributed by atoms with Gasteiger partial charge in [0.15, 0.2) is 0 Å². The summed E-state index contributed by atoms with van der Waals surface area (Å²) < 4.78 is 23.3. The van der Waals surface area contributed by atoms with E-state index < -0.39 is 0 Å². The standard InChI is InChI=1S/C10H16I2O4/c1-5(11)15-7-3-13-10-8(16-6(2)12)4-14-9(7)10/h5-10H,3-4H2,1-2H3. The van der Waals surface area contributed by atoms with Crippen LogP contribution < -0.4 is 0 Å².